The fraction of sp³-hybridized carbons (Fsp3) is 0.100. The molecule has 0 aromatic heterocycles. The molecular weight excluding hydrogens is 414 g/mol. The number of hydrogen-bond donors (Lipinski definition) is 3. The van der Waals surface area contributed by atoms with Crippen molar-refractivity contribution in [2.24, 2.45) is 0 Å². The van der Waals surface area contributed by atoms with Crippen LogP contribution in [0.25, 0.3) is 6.08 Å². The van der Waals surface area contributed by atoms with Crippen LogP contribution in [0.2, 0.25) is 5.02 Å². The van der Waals surface area contributed by atoms with Gasteiger partial charge in [-0.1, -0.05) is 29.8 Å². The Hall–Kier alpha value is -3.23. The molecule has 29 heavy (non-hydrogen) atoms. The number of benzene rings is 2. The van der Waals surface area contributed by atoms with Gasteiger partial charge >= 0.3 is 0 Å². The van der Waals surface area contributed by atoms with Gasteiger partial charge in [-0.3, -0.25) is 25.0 Å². The smallest absolute Gasteiger partial charge is 0.263 e. The maximum atomic E-state index is 12.1. The van der Waals surface area contributed by atoms with Crippen molar-refractivity contribution in [2.75, 3.05) is 11.9 Å². The molecule has 3 N–H and O–H groups in total. The van der Waals surface area contributed by atoms with E-state index in [9.17, 15) is 14.4 Å². The van der Waals surface area contributed by atoms with Gasteiger partial charge in [0.1, 0.15) is 11.3 Å². The molecule has 1 heterocycles. The first kappa shape index (κ1) is 20.5. The Balaban J connectivity index is 1.64. The topological polar surface area (TPSA) is 96.5 Å². The number of carbonyl (C=O) groups is 3. The highest BCUT2D eigenvalue weighted by Gasteiger charge is 2.25. The minimum atomic E-state index is -0.582. The van der Waals surface area contributed by atoms with E-state index in [-0.39, 0.29) is 23.2 Å². The Morgan fingerprint density at radius 3 is 2.59 bits per heavy atom. The summed E-state index contributed by atoms with van der Waals surface area (Å²) in [5.41, 5.74) is 1.96. The largest absolute Gasteiger partial charge is 0.484 e. The van der Waals surface area contributed by atoms with E-state index in [0.29, 0.717) is 22.0 Å². The lowest BCUT2D eigenvalue weighted by atomic mass is 10.1. The highest BCUT2D eigenvalue weighted by Crippen LogP contribution is 2.20. The number of rotatable bonds is 5. The zero-order valence-corrected chi connectivity index (χ0v) is 16.8. The fourth-order valence-corrected chi connectivity index (χ4v) is 2.85. The molecular formula is C20H16ClN3O4S. The summed E-state index contributed by atoms with van der Waals surface area (Å²) >= 11 is 10.8. The van der Waals surface area contributed by atoms with Gasteiger partial charge < -0.3 is 10.1 Å². The molecule has 2 aromatic rings. The zero-order chi connectivity index (χ0) is 21.0. The quantitative estimate of drug-likeness (QED) is 0.385. The summed E-state index contributed by atoms with van der Waals surface area (Å²) < 4.78 is 5.50. The van der Waals surface area contributed by atoms with Gasteiger partial charge in [0.25, 0.3) is 17.7 Å². The molecule has 0 spiro atoms. The minimum absolute atomic E-state index is 0.0323. The molecule has 0 unspecified atom stereocenters. The first-order valence-electron chi connectivity index (χ1n) is 8.49. The Morgan fingerprint density at radius 1 is 1.17 bits per heavy atom. The summed E-state index contributed by atoms with van der Waals surface area (Å²) in [6.07, 6.45) is 1.41. The van der Waals surface area contributed by atoms with Crippen LogP contribution in [0, 0.1) is 6.92 Å². The minimum Gasteiger partial charge on any atom is -0.484 e. The molecule has 1 aliphatic heterocycles. The molecule has 1 saturated heterocycles. The molecule has 0 atom stereocenters. The Labute approximate surface area is 177 Å². The van der Waals surface area contributed by atoms with Crippen molar-refractivity contribution in [1.29, 1.82) is 0 Å². The number of thiocarbonyl (C=S) groups is 1. The third-order valence-corrected chi connectivity index (χ3v) is 4.55. The number of amides is 3. The second kappa shape index (κ2) is 8.85. The molecule has 0 bridgehead atoms. The average Bonchev–Trinajstić information content (AvgIpc) is 2.66. The van der Waals surface area contributed by atoms with E-state index in [2.05, 4.69) is 16.0 Å². The second-order valence-corrected chi connectivity index (χ2v) is 6.98. The van der Waals surface area contributed by atoms with Gasteiger partial charge in [-0.05, 0) is 60.6 Å². The summed E-state index contributed by atoms with van der Waals surface area (Å²) in [5, 5.41) is 7.95. The van der Waals surface area contributed by atoms with Crippen LogP contribution in [-0.4, -0.2) is 29.4 Å². The molecule has 1 aliphatic rings. The van der Waals surface area contributed by atoms with Crippen LogP contribution in [-0.2, 0) is 14.4 Å². The van der Waals surface area contributed by atoms with E-state index < -0.39 is 11.8 Å². The van der Waals surface area contributed by atoms with Crippen LogP contribution in [0.5, 0.6) is 5.75 Å². The predicted molar refractivity (Wildman–Crippen MR) is 114 cm³/mol. The van der Waals surface area contributed by atoms with Crippen molar-refractivity contribution in [2.45, 2.75) is 6.92 Å². The zero-order valence-electron chi connectivity index (χ0n) is 15.2. The van der Waals surface area contributed by atoms with E-state index in [1.165, 1.54) is 6.08 Å². The number of nitrogens with one attached hydrogen (secondary N) is 3. The lowest BCUT2D eigenvalue weighted by Crippen LogP contribution is -2.51. The van der Waals surface area contributed by atoms with Gasteiger partial charge in [-0.2, -0.15) is 0 Å². The van der Waals surface area contributed by atoms with Gasteiger partial charge in [0.05, 0.1) is 0 Å². The summed E-state index contributed by atoms with van der Waals surface area (Å²) in [7, 11) is 0. The molecule has 3 amide bonds. The van der Waals surface area contributed by atoms with Gasteiger partial charge in [-0.15, -0.1) is 0 Å². The van der Waals surface area contributed by atoms with Crippen molar-refractivity contribution in [3.63, 3.8) is 0 Å². The van der Waals surface area contributed by atoms with Crippen molar-refractivity contribution >= 4 is 58.4 Å². The average molecular weight is 430 g/mol. The molecule has 1 fully saturated rings. The van der Waals surface area contributed by atoms with E-state index in [1.54, 1.807) is 42.5 Å². The number of ether oxygens (including phenoxy) is 1. The van der Waals surface area contributed by atoms with Gasteiger partial charge in [-0.25, -0.2) is 0 Å². The molecule has 0 saturated carbocycles. The molecule has 0 radical (unpaired) electrons. The lowest BCUT2D eigenvalue weighted by Gasteiger charge is -2.16. The summed E-state index contributed by atoms with van der Waals surface area (Å²) in [4.78, 5) is 35.9. The highest BCUT2D eigenvalue weighted by molar-refractivity contribution is 7.80. The third kappa shape index (κ3) is 5.40. The Bertz CT molecular complexity index is 1030. The van der Waals surface area contributed by atoms with Crippen LogP contribution in [0.1, 0.15) is 11.1 Å². The van der Waals surface area contributed by atoms with E-state index in [4.69, 9.17) is 28.6 Å². The normalized spacial score (nSPS) is 13.4. The summed E-state index contributed by atoms with van der Waals surface area (Å²) in [5.74, 6) is -1.11. The van der Waals surface area contributed by atoms with Crippen molar-refractivity contribution in [3.05, 3.63) is 64.2 Å². The number of anilines is 1. The fourth-order valence-electron chi connectivity index (χ4n) is 2.48. The Morgan fingerprint density at radius 2 is 1.90 bits per heavy atom. The second-order valence-electron chi connectivity index (χ2n) is 6.17. The monoisotopic (exact) mass is 429 g/mol. The SMILES string of the molecule is Cc1ccc(NC(=O)COc2cccc(C=C3C(=O)NC(=S)NC3=O)c2)cc1Cl. The van der Waals surface area contributed by atoms with Gasteiger partial charge in [0.2, 0.25) is 0 Å². The maximum absolute atomic E-state index is 12.1. The standard InChI is InChI=1S/C20H16ClN3O4S/c1-11-5-6-13(9-16(11)21)22-17(25)10-28-14-4-2-3-12(7-14)8-15-18(26)23-20(29)24-19(15)27/h2-9H,10H2,1H3,(H,22,25)(H2,23,24,26,27,29). The van der Waals surface area contributed by atoms with E-state index >= 15 is 0 Å². The van der Waals surface area contributed by atoms with Crippen LogP contribution >= 0.6 is 23.8 Å². The van der Waals surface area contributed by atoms with Crippen molar-refractivity contribution in [3.8, 4) is 5.75 Å². The van der Waals surface area contributed by atoms with E-state index in [0.717, 1.165) is 5.56 Å². The van der Waals surface area contributed by atoms with Gasteiger partial charge in [0, 0.05) is 10.7 Å². The van der Waals surface area contributed by atoms with Crippen molar-refractivity contribution in [1.82, 2.24) is 10.6 Å². The maximum Gasteiger partial charge on any atom is 0.263 e. The highest BCUT2D eigenvalue weighted by atomic mass is 35.5. The lowest BCUT2D eigenvalue weighted by molar-refractivity contribution is -0.123. The molecule has 148 valence electrons. The van der Waals surface area contributed by atoms with Crippen LogP contribution < -0.4 is 20.7 Å². The first-order chi connectivity index (χ1) is 13.8. The van der Waals surface area contributed by atoms with Gasteiger partial charge in [0.15, 0.2) is 11.7 Å². The number of carbonyl (C=O) groups excluding carboxylic acids is 3. The summed E-state index contributed by atoms with van der Waals surface area (Å²) in [6, 6.07) is 11.9. The van der Waals surface area contributed by atoms with E-state index in [1.807, 2.05) is 6.92 Å². The van der Waals surface area contributed by atoms with Crippen LogP contribution in [0.3, 0.4) is 0 Å². The molecule has 9 heteroatoms. The molecule has 7 nitrogen and oxygen atoms in total. The number of hydrogen-bond acceptors (Lipinski definition) is 5. The predicted octanol–water partition coefficient (Wildman–Crippen LogP) is 2.58. The van der Waals surface area contributed by atoms with Crippen LogP contribution in [0.15, 0.2) is 48.0 Å². The molecule has 3 rings (SSSR count). The molecule has 0 aliphatic carbocycles. The number of aryl methyl sites for hydroxylation is 1. The van der Waals surface area contributed by atoms with Crippen molar-refractivity contribution < 1.29 is 19.1 Å². The summed E-state index contributed by atoms with van der Waals surface area (Å²) in [6.45, 7) is 1.65. The van der Waals surface area contributed by atoms with Crippen LogP contribution in [0.4, 0.5) is 5.69 Å². The molecule has 2 aromatic carbocycles. The number of halogens is 1. The Kier molecular flexibility index (Phi) is 6.26. The third-order valence-electron chi connectivity index (χ3n) is 3.94. The first-order valence-corrected chi connectivity index (χ1v) is 9.27.